The molecule has 0 saturated carbocycles. The molecule has 2 aromatic carbocycles. The SMILES string of the molecule is O=C(O)c1csc(-c2cc3ccccc3cc2O)n1. The fraction of sp³-hybridized carbons (Fsp3) is 0. The maximum atomic E-state index is 10.8. The molecule has 0 aliphatic heterocycles. The molecule has 0 unspecified atom stereocenters. The quantitative estimate of drug-likeness (QED) is 0.749. The van der Waals surface area contributed by atoms with Gasteiger partial charge in [0.25, 0.3) is 0 Å². The summed E-state index contributed by atoms with van der Waals surface area (Å²) < 4.78 is 0. The number of aromatic hydroxyl groups is 1. The van der Waals surface area contributed by atoms with E-state index >= 15 is 0 Å². The third kappa shape index (κ3) is 2.04. The van der Waals surface area contributed by atoms with Gasteiger partial charge in [-0.05, 0) is 22.9 Å². The second-order valence-electron chi connectivity index (χ2n) is 4.06. The molecule has 0 radical (unpaired) electrons. The number of thiazole rings is 1. The number of nitrogens with zero attached hydrogens (tertiary/aromatic N) is 1. The summed E-state index contributed by atoms with van der Waals surface area (Å²) in [4.78, 5) is 14.8. The molecular formula is C14H9NO3S. The third-order valence-corrected chi connectivity index (χ3v) is 3.69. The smallest absolute Gasteiger partial charge is 0.355 e. The van der Waals surface area contributed by atoms with Crippen LogP contribution in [0, 0.1) is 0 Å². The fourth-order valence-corrected chi connectivity index (χ4v) is 2.71. The molecule has 0 bridgehead atoms. The van der Waals surface area contributed by atoms with Crippen molar-refractivity contribution in [3.05, 3.63) is 47.5 Å². The van der Waals surface area contributed by atoms with Gasteiger partial charge in [-0.2, -0.15) is 0 Å². The van der Waals surface area contributed by atoms with Crippen molar-refractivity contribution in [1.82, 2.24) is 4.98 Å². The number of carbonyl (C=O) groups is 1. The number of hydrogen-bond acceptors (Lipinski definition) is 4. The molecule has 3 aromatic rings. The van der Waals surface area contributed by atoms with Gasteiger partial charge in [-0.3, -0.25) is 0 Å². The van der Waals surface area contributed by atoms with Crippen LogP contribution in [0.4, 0.5) is 0 Å². The van der Waals surface area contributed by atoms with E-state index in [0.29, 0.717) is 10.6 Å². The Morgan fingerprint density at radius 1 is 1.16 bits per heavy atom. The Morgan fingerprint density at radius 3 is 2.47 bits per heavy atom. The minimum Gasteiger partial charge on any atom is -0.507 e. The first kappa shape index (κ1) is 11.7. The van der Waals surface area contributed by atoms with E-state index in [4.69, 9.17) is 5.11 Å². The molecule has 94 valence electrons. The van der Waals surface area contributed by atoms with Crippen LogP contribution in [0.15, 0.2) is 41.8 Å². The van der Waals surface area contributed by atoms with Crippen LogP contribution < -0.4 is 0 Å². The van der Waals surface area contributed by atoms with Crippen molar-refractivity contribution in [1.29, 1.82) is 0 Å². The predicted octanol–water partition coefficient (Wildman–Crippen LogP) is 3.37. The van der Waals surface area contributed by atoms with Crippen molar-refractivity contribution in [2.24, 2.45) is 0 Å². The second kappa shape index (κ2) is 4.37. The topological polar surface area (TPSA) is 70.4 Å². The van der Waals surface area contributed by atoms with Crippen molar-refractivity contribution in [2.75, 3.05) is 0 Å². The van der Waals surface area contributed by atoms with Crippen LogP contribution in [-0.4, -0.2) is 21.2 Å². The molecule has 0 aliphatic carbocycles. The zero-order valence-electron chi connectivity index (χ0n) is 9.70. The monoisotopic (exact) mass is 271 g/mol. The van der Waals surface area contributed by atoms with E-state index in [9.17, 15) is 9.90 Å². The maximum Gasteiger partial charge on any atom is 0.355 e. The van der Waals surface area contributed by atoms with Gasteiger partial charge in [0.2, 0.25) is 0 Å². The molecule has 1 heterocycles. The van der Waals surface area contributed by atoms with E-state index < -0.39 is 5.97 Å². The first-order valence-corrected chi connectivity index (χ1v) is 6.44. The highest BCUT2D eigenvalue weighted by Crippen LogP contribution is 2.35. The number of rotatable bonds is 2. The van der Waals surface area contributed by atoms with Crippen molar-refractivity contribution in [2.45, 2.75) is 0 Å². The van der Waals surface area contributed by atoms with Crippen LogP contribution >= 0.6 is 11.3 Å². The highest BCUT2D eigenvalue weighted by Gasteiger charge is 2.13. The first-order chi connectivity index (χ1) is 9.15. The largest absolute Gasteiger partial charge is 0.507 e. The zero-order valence-corrected chi connectivity index (χ0v) is 10.5. The summed E-state index contributed by atoms with van der Waals surface area (Å²) in [6.45, 7) is 0. The van der Waals surface area contributed by atoms with Gasteiger partial charge in [0.05, 0.1) is 5.56 Å². The number of aromatic nitrogens is 1. The van der Waals surface area contributed by atoms with Crippen LogP contribution in [0.1, 0.15) is 10.5 Å². The number of benzene rings is 2. The van der Waals surface area contributed by atoms with E-state index in [1.807, 2.05) is 30.3 Å². The number of hydrogen-bond donors (Lipinski definition) is 2. The molecular weight excluding hydrogens is 262 g/mol. The zero-order chi connectivity index (χ0) is 13.4. The molecule has 3 rings (SSSR count). The highest BCUT2D eigenvalue weighted by molar-refractivity contribution is 7.13. The molecule has 2 N–H and O–H groups in total. The predicted molar refractivity (Wildman–Crippen MR) is 73.7 cm³/mol. The Labute approximate surface area is 112 Å². The molecule has 0 amide bonds. The van der Waals surface area contributed by atoms with Gasteiger partial charge >= 0.3 is 5.97 Å². The normalized spacial score (nSPS) is 10.7. The molecule has 0 spiro atoms. The molecule has 1 aromatic heterocycles. The average Bonchev–Trinajstić information content (AvgIpc) is 2.87. The second-order valence-corrected chi connectivity index (χ2v) is 4.92. The average molecular weight is 271 g/mol. The summed E-state index contributed by atoms with van der Waals surface area (Å²) in [6.07, 6.45) is 0. The molecule has 0 atom stereocenters. The summed E-state index contributed by atoms with van der Waals surface area (Å²) in [5.41, 5.74) is 0.545. The Hall–Kier alpha value is -2.40. The number of carboxylic acids is 1. The Balaban J connectivity index is 2.18. The number of phenolic OH excluding ortho intramolecular Hbond substituents is 1. The minimum absolute atomic E-state index is 0.00689. The van der Waals surface area contributed by atoms with E-state index in [1.54, 1.807) is 6.07 Å². The molecule has 0 saturated heterocycles. The first-order valence-electron chi connectivity index (χ1n) is 5.56. The minimum atomic E-state index is -1.07. The van der Waals surface area contributed by atoms with Gasteiger partial charge in [-0.25, -0.2) is 9.78 Å². The lowest BCUT2D eigenvalue weighted by molar-refractivity contribution is 0.0691. The van der Waals surface area contributed by atoms with Crippen LogP contribution in [0.25, 0.3) is 21.3 Å². The van der Waals surface area contributed by atoms with Crippen LogP contribution in [-0.2, 0) is 0 Å². The van der Waals surface area contributed by atoms with Crippen LogP contribution in [0.2, 0.25) is 0 Å². The van der Waals surface area contributed by atoms with E-state index in [1.165, 1.54) is 16.7 Å². The maximum absolute atomic E-state index is 10.8. The number of carboxylic acid groups (broad SMARTS) is 1. The van der Waals surface area contributed by atoms with Gasteiger partial charge < -0.3 is 10.2 Å². The highest BCUT2D eigenvalue weighted by atomic mass is 32.1. The van der Waals surface area contributed by atoms with Gasteiger partial charge in [0.1, 0.15) is 10.8 Å². The molecule has 0 aliphatic rings. The Morgan fingerprint density at radius 2 is 1.84 bits per heavy atom. The van der Waals surface area contributed by atoms with Crippen LogP contribution in [0.5, 0.6) is 5.75 Å². The van der Waals surface area contributed by atoms with Gasteiger partial charge in [0, 0.05) is 5.38 Å². The van der Waals surface area contributed by atoms with Gasteiger partial charge in [0.15, 0.2) is 5.69 Å². The number of phenols is 1. The van der Waals surface area contributed by atoms with Gasteiger partial charge in [-0.1, -0.05) is 24.3 Å². The van der Waals surface area contributed by atoms with Crippen molar-refractivity contribution < 1.29 is 15.0 Å². The van der Waals surface area contributed by atoms with E-state index in [0.717, 1.165) is 10.8 Å². The standard InChI is InChI=1S/C14H9NO3S/c16-12-6-9-4-2-1-3-8(9)5-10(12)13-15-11(7-19-13)14(17)18/h1-7,16H,(H,17,18). The van der Waals surface area contributed by atoms with Crippen LogP contribution in [0.3, 0.4) is 0 Å². The summed E-state index contributed by atoms with van der Waals surface area (Å²) in [5.74, 6) is -0.965. The van der Waals surface area contributed by atoms with Crippen molar-refractivity contribution >= 4 is 28.1 Å². The molecule has 5 heteroatoms. The number of aromatic carboxylic acids is 1. The van der Waals surface area contributed by atoms with E-state index in [-0.39, 0.29) is 11.4 Å². The fourth-order valence-electron chi connectivity index (χ4n) is 1.90. The molecule has 0 fully saturated rings. The Bertz CT molecular complexity index is 779. The Kier molecular flexibility index (Phi) is 2.68. The van der Waals surface area contributed by atoms with Gasteiger partial charge in [-0.15, -0.1) is 11.3 Å². The lowest BCUT2D eigenvalue weighted by Crippen LogP contribution is -1.95. The molecule has 4 nitrogen and oxygen atoms in total. The summed E-state index contributed by atoms with van der Waals surface area (Å²) in [7, 11) is 0. The van der Waals surface area contributed by atoms with E-state index in [2.05, 4.69) is 4.98 Å². The summed E-state index contributed by atoms with van der Waals surface area (Å²) in [6, 6.07) is 11.1. The van der Waals surface area contributed by atoms with Crippen molar-refractivity contribution in [3.63, 3.8) is 0 Å². The summed E-state index contributed by atoms with van der Waals surface area (Å²) >= 11 is 1.20. The lowest BCUT2D eigenvalue weighted by Gasteiger charge is -2.04. The van der Waals surface area contributed by atoms with Crippen molar-refractivity contribution in [3.8, 4) is 16.3 Å². The summed E-state index contributed by atoms with van der Waals surface area (Å²) in [5, 5.41) is 22.8. The molecule has 19 heavy (non-hydrogen) atoms. The third-order valence-electron chi connectivity index (χ3n) is 2.82. The number of fused-ring (bicyclic) bond motifs is 1. The lowest BCUT2D eigenvalue weighted by atomic mass is 10.1.